The number of carbonyl (C=O) groups is 2. The molecule has 0 spiro atoms. The summed E-state index contributed by atoms with van der Waals surface area (Å²) in [5.74, 6) is 0.906. The summed E-state index contributed by atoms with van der Waals surface area (Å²) in [5, 5.41) is 2.89. The maximum absolute atomic E-state index is 12.6. The van der Waals surface area contributed by atoms with Crippen molar-refractivity contribution in [3.8, 4) is 0 Å². The summed E-state index contributed by atoms with van der Waals surface area (Å²) in [7, 11) is 0. The van der Waals surface area contributed by atoms with Crippen LogP contribution >= 0.6 is 11.8 Å². The SMILES string of the molecule is Cc1ccc(N2C(=O)CSC2c2cccc(NC(=O)CC(C)C)c2)cc1C. The number of hydrogen-bond acceptors (Lipinski definition) is 3. The lowest BCUT2D eigenvalue weighted by Crippen LogP contribution is -2.28. The summed E-state index contributed by atoms with van der Waals surface area (Å²) in [6, 6.07) is 13.9. The van der Waals surface area contributed by atoms with Gasteiger partial charge >= 0.3 is 0 Å². The van der Waals surface area contributed by atoms with Gasteiger partial charge in [-0.25, -0.2) is 0 Å². The highest BCUT2D eigenvalue weighted by molar-refractivity contribution is 8.00. The van der Waals surface area contributed by atoms with Gasteiger partial charge in [-0.2, -0.15) is 0 Å². The van der Waals surface area contributed by atoms with Crippen LogP contribution in [-0.4, -0.2) is 17.6 Å². The Balaban J connectivity index is 1.86. The molecule has 3 rings (SSSR count). The number of nitrogens with zero attached hydrogens (tertiary/aromatic N) is 1. The van der Waals surface area contributed by atoms with E-state index >= 15 is 0 Å². The molecule has 0 aromatic heterocycles. The summed E-state index contributed by atoms with van der Waals surface area (Å²) in [4.78, 5) is 26.5. The zero-order valence-electron chi connectivity index (χ0n) is 16.3. The van der Waals surface area contributed by atoms with E-state index in [0.29, 0.717) is 18.1 Å². The van der Waals surface area contributed by atoms with Gasteiger partial charge in [0.25, 0.3) is 0 Å². The molecule has 1 aliphatic rings. The zero-order valence-corrected chi connectivity index (χ0v) is 17.1. The second-order valence-corrected chi connectivity index (χ2v) is 8.54. The van der Waals surface area contributed by atoms with E-state index in [1.807, 2.05) is 49.1 Å². The number of aryl methyl sites for hydroxylation is 2. The van der Waals surface area contributed by atoms with Crippen molar-refractivity contribution in [1.29, 1.82) is 0 Å². The minimum absolute atomic E-state index is 0.0170. The highest BCUT2D eigenvalue weighted by Crippen LogP contribution is 2.42. The molecule has 1 saturated heterocycles. The minimum atomic E-state index is -0.0819. The third-order valence-electron chi connectivity index (χ3n) is 4.69. The maximum atomic E-state index is 12.6. The number of nitrogens with one attached hydrogen (secondary N) is 1. The average molecular weight is 383 g/mol. The molecule has 2 aromatic rings. The van der Waals surface area contributed by atoms with Gasteiger partial charge in [0, 0.05) is 17.8 Å². The Hall–Kier alpha value is -2.27. The summed E-state index contributed by atoms with van der Waals surface area (Å²) in [6.07, 6.45) is 0.496. The van der Waals surface area contributed by atoms with Crippen LogP contribution in [0, 0.1) is 19.8 Å². The molecule has 1 atom stereocenters. The normalized spacial score (nSPS) is 16.9. The molecule has 4 nitrogen and oxygen atoms in total. The van der Waals surface area contributed by atoms with Crippen molar-refractivity contribution in [3.63, 3.8) is 0 Å². The van der Waals surface area contributed by atoms with Crippen LogP contribution in [0.2, 0.25) is 0 Å². The molecule has 1 aliphatic heterocycles. The molecule has 1 fully saturated rings. The molecule has 1 heterocycles. The molecular weight excluding hydrogens is 356 g/mol. The quantitative estimate of drug-likeness (QED) is 0.786. The largest absolute Gasteiger partial charge is 0.326 e. The predicted molar refractivity (Wildman–Crippen MR) is 113 cm³/mol. The van der Waals surface area contributed by atoms with Crippen molar-refractivity contribution in [2.45, 2.75) is 39.5 Å². The van der Waals surface area contributed by atoms with Crippen molar-refractivity contribution < 1.29 is 9.59 Å². The van der Waals surface area contributed by atoms with E-state index in [-0.39, 0.29) is 17.2 Å². The monoisotopic (exact) mass is 382 g/mol. The second-order valence-electron chi connectivity index (χ2n) is 7.47. The molecule has 0 bridgehead atoms. The third kappa shape index (κ3) is 4.53. The van der Waals surface area contributed by atoms with Gasteiger partial charge in [-0.1, -0.05) is 32.0 Å². The van der Waals surface area contributed by atoms with E-state index in [1.165, 1.54) is 11.1 Å². The van der Waals surface area contributed by atoms with Crippen LogP contribution in [0.1, 0.15) is 42.3 Å². The van der Waals surface area contributed by atoms with Gasteiger partial charge in [0.1, 0.15) is 5.37 Å². The number of anilines is 2. The summed E-state index contributed by atoms with van der Waals surface area (Å²) < 4.78 is 0. The Morgan fingerprint density at radius 3 is 2.67 bits per heavy atom. The molecule has 2 aromatic carbocycles. The Morgan fingerprint density at radius 2 is 1.96 bits per heavy atom. The van der Waals surface area contributed by atoms with Crippen LogP contribution in [0.5, 0.6) is 0 Å². The minimum Gasteiger partial charge on any atom is -0.326 e. The topological polar surface area (TPSA) is 49.4 Å². The fraction of sp³-hybridized carbons (Fsp3) is 0.364. The lowest BCUT2D eigenvalue weighted by molar-refractivity contribution is -0.117. The first-order valence-electron chi connectivity index (χ1n) is 9.26. The molecule has 2 amide bonds. The average Bonchev–Trinajstić information content (AvgIpc) is 2.98. The third-order valence-corrected chi connectivity index (χ3v) is 5.90. The number of benzene rings is 2. The first-order valence-corrected chi connectivity index (χ1v) is 10.3. The molecule has 0 radical (unpaired) electrons. The van der Waals surface area contributed by atoms with Crippen LogP contribution < -0.4 is 10.2 Å². The Labute approximate surface area is 165 Å². The highest BCUT2D eigenvalue weighted by atomic mass is 32.2. The van der Waals surface area contributed by atoms with Crippen LogP contribution in [0.25, 0.3) is 0 Å². The zero-order chi connectivity index (χ0) is 19.6. The summed E-state index contributed by atoms with van der Waals surface area (Å²) in [6.45, 7) is 8.18. The van der Waals surface area contributed by atoms with E-state index in [9.17, 15) is 9.59 Å². The number of thioether (sulfide) groups is 1. The van der Waals surface area contributed by atoms with Crippen molar-refractivity contribution in [2.24, 2.45) is 5.92 Å². The maximum Gasteiger partial charge on any atom is 0.238 e. The van der Waals surface area contributed by atoms with Gasteiger partial charge in [-0.15, -0.1) is 11.8 Å². The van der Waals surface area contributed by atoms with Crippen LogP contribution in [0.3, 0.4) is 0 Å². The van der Waals surface area contributed by atoms with Gasteiger partial charge in [-0.3, -0.25) is 14.5 Å². The van der Waals surface area contributed by atoms with E-state index < -0.39 is 0 Å². The summed E-state index contributed by atoms with van der Waals surface area (Å²) >= 11 is 1.62. The van der Waals surface area contributed by atoms with E-state index in [2.05, 4.69) is 31.3 Å². The molecule has 27 heavy (non-hydrogen) atoms. The van der Waals surface area contributed by atoms with Crippen molar-refractivity contribution in [2.75, 3.05) is 16.0 Å². The molecular formula is C22H26N2O2S. The van der Waals surface area contributed by atoms with Gasteiger partial charge in [0.2, 0.25) is 11.8 Å². The highest BCUT2D eigenvalue weighted by Gasteiger charge is 2.34. The first-order chi connectivity index (χ1) is 12.8. The predicted octanol–water partition coefficient (Wildman–Crippen LogP) is 5.07. The lowest BCUT2D eigenvalue weighted by Gasteiger charge is -2.25. The molecule has 142 valence electrons. The van der Waals surface area contributed by atoms with Crippen LogP contribution in [0.4, 0.5) is 11.4 Å². The Bertz CT molecular complexity index is 863. The Kier molecular flexibility index (Phi) is 5.90. The molecule has 1 unspecified atom stereocenters. The second kappa shape index (κ2) is 8.17. The van der Waals surface area contributed by atoms with Gasteiger partial charge in [-0.05, 0) is 60.7 Å². The van der Waals surface area contributed by atoms with Crippen molar-refractivity contribution >= 4 is 35.0 Å². The fourth-order valence-corrected chi connectivity index (χ4v) is 4.34. The van der Waals surface area contributed by atoms with Gasteiger partial charge in [0.15, 0.2) is 0 Å². The number of amides is 2. The van der Waals surface area contributed by atoms with E-state index in [1.54, 1.807) is 11.8 Å². The molecule has 0 aliphatic carbocycles. The van der Waals surface area contributed by atoms with E-state index in [0.717, 1.165) is 16.9 Å². The van der Waals surface area contributed by atoms with Crippen LogP contribution in [0.15, 0.2) is 42.5 Å². The van der Waals surface area contributed by atoms with Gasteiger partial charge in [0.05, 0.1) is 5.75 Å². The number of rotatable bonds is 5. The molecule has 0 saturated carbocycles. The van der Waals surface area contributed by atoms with Crippen LogP contribution in [-0.2, 0) is 9.59 Å². The molecule has 5 heteroatoms. The van der Waals surface area contributed by atoms with Crippen molar-refractivity contribution in [1.82, 2.24) is 0 Å². The fourth-order valence-electron chi connectivity index (χ4n) is 3.18. The van der Waals surface area contributed by atoms with Crippen molar-refractivity contribution in [3.05, 3.63) is 59.2 Å². The van der Waals surface area contributed by atoms with E-state index in [4.69, 9.17) is 0 Å². The first kappa shape index (κ1) is 19.5. The smallest absolute Gasteiger partial charge is 0.238 e. The number of hydrogen-bond donors (Lipinski definition) is 1. The summed E-state index contributed by atoms with van der Waals surface area (Å²) in [5.41, 5.74) is 5.10. The molecule has 1 N–H and O–H groups in total. The van der Waals surface area contributed by atoms with Gasteiger partial charge < -0.3 is 5.32 Å². The lowest BCUT2D eigenvalue weighted by atomic mass is 10.1. The standard InChI is InChI=1S/C22H26N2O2S/c1-14(2)10-20(25)23-18-7-5-6-17(12-18)22-24(21(26)13-27-22)19-9-8-15(3)16(4)11-19/h5-9,11-12,14,22H,10,13H2,1-4H3,(H,23,25). The number of carbonyl (C=O) groups excluding carboxylic acids is 2. The Morgan fingerprint density at radius 1 is 1.19 bits per heavy atom.